The first-order valence-electron chi connectivity index (χ1n) is 6.20. The summed E-state index contributed by atoms with van der Waals surface area (Å²) >= 11 is 5.02. The van der Waals surface area contributed by atoms with Crippen LogP contribution in [0.4, 0.5) is 5.69 Å². The van der Waals surface area contributed by atoms with Crippen LogP contribution in [0, 0.1) is 5.92 Å². The second-order valence-electron chi connectivity index (χ2n) is 4.78. The van der Waals surface area contributed by atoms with Gasteiger partial charge >= 0.3 is 0 Å². The molecule has 92 valence electrons. The number of nitrogens with one attached hydrogen (secondary N) is 1. The van der Waals surface area contributed by atoms with Crippen molar-refractivity contribution in [2.45, 2.75) is 38.6 Å². The lowest BCUT2D eigenvalue weighted by molar-refractivity contribution is 0.349. The van der Waals surface area contributed by atoms with E-state index in [1.165, 1.54) is 25.7 Å². The van der Waals surface area contributed by atoms with Crippen LogP contribution in [0.15, 0.2) is 18.3 Å². The highest BCUT2D eigenvalue weighted by Crippen LogP contribution is 2.27. The van der Waals surface area contributed by atoms with Gasteiger partial charge in [0.15, 0.2) is 0 Å². The summed E-state index contributed by atoms with van der Waals surface area (Å²) in [6.07, 6.45) is 6.87. The molecule has 1 aromatic heterocycles. The fraction of sp³-hybridized carbons (Fsp3) is 0.538. The van der Waals surface area contributed by atoms with Gasteiger partial charge in [0, 0.05) is 12.2 Å². The maximum Gasteiger partial charge on any atom is 0.124 e. The molecule has 2 unspecified atom stereocenters. The fourth-order valence-corrected chi connectivity index (χ4v) is 2.61. The van der Waals surface area contributed by atoms with Gasteiger partial charge in [0.25, 0.3) is 0 Å². The van der Waals surface area contributed by atoms with Crippen LogP contribution in [0.2, 0.25) is 0 Å². The summed E-state index contributed by atoms with van der Waals surface area (Å²) in [5.74, 6) is 0.697. The van der Waals surface area contributed by atoms with E-state index in [9.17, 15) is 0 Å². The van der Waals surface area contributed by atoms with E-state index in [1.54, 1.807) is 6.20 Å². The van der Waals surface area contributed by atoms with Crippen molar-refractivity contribution in [2.75, 3.05) is 5.32 Å². The van der Waals surface area contributed by atoms with Crippen LogP contribution in [0.1, 0.15) is 38.3 Å². The Morgan fingerprint density at radius 2 is 2.24 bits per heavy atom. The van der Waals surface area contributed by atoms with Crippen LogP contribution in [0.25, 0.3) is 0 Å². The maximum absolute atomic E-state index is 5.68. The lowest BCUT2D eigenvalue weighted by Crippen LogP contribution is -2.31. The molecule has 17 heavy (non-hydrogen) atoms. The van der Waals surface area contributed by atoms with Crippen molar-refractivity contribution < 1.29 is 0 Å². The summed E-state index contributed by atoms with van der Waals surface area (Å²) in [6.45, 7) is 2.30. The lowest BCUT2D eigenvalue weighted by Gasteiger charge is -2.30. The molecule has 1 aromatic rings. The molecule has 0 spiro atoms. The summed E-state index contributed by atoms with van der Waals surface area (Å²) in [6, 6.07) is 4.43. The van der Waals surface area contributed by atoms with Crippen molar-refractivity contribution in [3.05, 3.63) is 24.0 Å². The van der Waals surface area contributed by atoms with Crippen molar-refractivity contribution in [1.82, 2.24) is 4.98 Å². The van der Waals surface area contributed by atoms with E-state index < -0.39 is 0 Å². The van der Waals surface area contributed by atoms with E-state index in [2.05, 4.69) is 17.2 Å². The first-order valence-corrected chi connectivity index (χ1v) is 6.60. The van der Waals surface area contributed by atoms with Crippen LogP contribution in [-0.4, -0.2) is 16.0 Å². The standard InChI is InChI=1S/C13H19N3S/c1-9-5-2-3-6-10(9)16-11-7-4-8-15-12(11)13(14)17/h4,7-10,16H,2-3,5-6H2,1H3,(H2,14,17). The van der Waals surface area contributed by atoms with Gasteiger partial charge in [-0.05, 0) is 30.9 Å². The van der Waals surface area contributed by atoms with Gasteiger partial charge in [0.2, 0.25) is 0 Å². The van der Waals surface area contributed by atoms with Crippen LogP contribution in [0.3, 0.4) is 0 Å². The van der Waals surface area contributed by atoms with Crippen LogP contribution >= 0.6 is 12.2 Å². The number of hydrogen-bond donors (Lipinski definition) is 2. The molecule has 0 aliphatic heterocycles. The van der Waals surface area contributed by atoms with E-state index in [0.29, 0.717) is 22.6 Å². The van der Waals surface area contributed by atoms with E-state index in [4.69, 9.17) is 18.0 Å². The smallest absolute Gasteiger partial charge is 0.124 e. The predicted octanol–water partition coefficient (Wildman–Crippen LogP) is 2.71. The third kappa shape index (κ3) is 2.94. The van der Waals surface area contributed by atoms with Crippen molar-refractivity contribution in [2.24, 2.45) is 11.7 Å². The Kier molecular flexibility index (Phi) is 3.94. The van der Waals surface area contributed by atoms with E-state index in [-0.39, 0.29) is 0 Å². The number of thiocarbonyl (C=S) groups is 1. The number of rotatable bonds is 3. The Morgan fingerprint density at radius 3 is 2.94 bits per heavy atom. The number of nitrogens with zero attached hydrogens (tertiary/aromatic N) is 1. The van der Waals surface area contributed by atoms with E-state index in [0.717, 1.165) is 5.69 Å². The Labute approximate surface area is 108 Å². The molecule has 0 amide bonds. The van der Waals surface area contributed by atoms with Gasteiger partial charge in [-0.1, -0.05) is 32.0 Å². The largest absolute Gasteiger partial charge is 0.388 e. The zero-order chi connectivity index (χ0) is 12.3. The average Bonchev–Trinajstić information content (AvgIpc) is 2.32. The van der Waals surface area contributed by atoms with Gasteiger partial charge < -0.3 is 11.1 Å². The molecule has 3 nitrogen and oxygen atoms in total. The van der Waals surface area contributed by atoms with Gasteiger partial charge in [0.05, 0.1) is 5.69 Å². The van der Waals surface area contributed by atoms with Crippen LogP contribution < -0.4 is 11.1 Å². The van der Waals surface area contributed by atoms with Gasteiger partial charge in [-0.3, -0.25) is 4.98 Å². The van der Waals surface area contributed by atoms with Gasteiger partial charge in [0.1, 0.15) is 10.7 Å². The van der Waals surface area contributed by atoms with Crippen LogP contribution in [-0.2, 0) is 0 Å². The Bertz CT molecular complexity index is 405. The molecule has 1 aliphatic carbocycles. The van der Waals surface area contributed by atoms with E-state index >= 15 is 0 Å². The van der Waals surface area contributed by atoms with Gasteiger partial charge in [-0.2, -0.15) is 0 Å². The van der Waals surface area contributed by atoms with Crippen molar-refractivity contribution in [3.8, 4) is 0 Å². The molecule has 2 rings (SSSR count). The molecule has 0 radical (unpaired) electrons. The highest BCUT2D eigenvalue weighted by Gasteiger charge is 2.22. The topological polar surface area (TPSA) is 50.9 Å². The molecule has 3 N–H and O–H groups in total. The number of hydrogen-bond acceptors (Lipinski definition) is 3. The number of aromatic nitrogens is 1. The Hall–Kier alpha value is -1.16. The molecule has 1 saturated carbocycles. The normalized spacial score (nSPS) is 24.3. The molecule has 2 atom stereocenters. The number of nitrogens with two attached hydrogens (primary N) is 1. The van der Waals surface area contributed by atoms with Crippen molar-refractivity contribution in [3.63, 3.8) is 0 Å². The maximum atomic E-state index is 5.68. The minimum absolute atomic E-state index is 0.358. The molecule has 1 fully saturated rings. The molecular formula is C13H19N3S. The number of pyridine rings is 1. The average molecular weight is 249 g/mol. The summed E-state index contributed by atoms with van der Waals surface area (Å²) in [7, 11) is 0. The second-order valence-corrected chi connectivity index (χ2v) is 5.22. The molecule has 1 heterocycles. The first kappa shape index (κ1) is 12.3. The zero-order valence-electron chi connectivity index (χ0n) is 10.1. The summed E-state index contributed by atoms with van der Waals surface area (Å²) in [4.78, 5) is 4.60. The molecule has 0 aromatic carbocycles. The highest BCUT2D eigenvalue weighted by molar-refractivity contribution is 7.80. The van der Waals surface area contributed by atoms with Crippen LogP contribution in [0.5, 0.6) is 0 Å². The minimum atomic E-state index is 0.358. The van der Waals surface area contributed by atoms with Crippen molar-refractivity contribution >= 4 is 22.9 Å². The molecule has 0 saturated heterocycles. The minimum Gasteiger partial charge on any atom is -0.388 e. The second kappa shape index (κ2) is 5.45. The highest BCUT2D eigenvalue weighted by atomic mass is 32.1. The summed E-state index contributed by atoms with van der Waals surface area (Å²) < 4.78 is 0. The zero-order valence-corrected chi connectivity index (χ0v) is 11.0. The Balaban J connectivity index is 2.14. The molecule has 1 aliphatic rings. The third-order valence-electron chi connectivity index (χ3n) is 3.49. The quantitative estimate of drug-likeness (QED) is 0.809. The summed E-state index contributed by atoms with van der Waals surface area (Å²) in [5, 5.41) is 3.55. The monoisotopic (exact) mass is 249 g/mol. The predicted molar refractivity (Wildman–Crippen MR) is 75.2 cm³/mol. The summed E-state index contributed by atoms with van der Waals surface area (Å²) in [5.41, 5.74) is 7.36. The Morgan fingerprint density at radius 1 is 1.47 bits per heavy atom. The van der Waals surface area contributed by atoms with E-state index in [1.807, 2.05) is 12.1 Å². The first-order chi connectivity index (χ1) is 8.18. The van der Waals surface area contributed by atoms with Crippen molar-refractivity contribution in [1.29, 1.82) is 0 Å². The van der Waals surface area contributed by atoms with Gasteiger partial charge in [-0.15, -0.1) is 0 Å². The number of anilines is 1. The molecule has 0 bridgehead atoms. The SMILES string of the molecule is CC1CCCCC1Nc1cccnc1C(N)=S. The molecular weight excluding hydrogens is 230 g/mol. The molecule has 4 heteroatoms. The third-order valence-corrected chi connectivity index (χ3v) is 3.69. The lowest BCUT2D eigenvalue weighted by atomic mass is 9.86. The van der Waals surface area contributed by atoms with Gasteiger partial charge in [-0.25, -0.2) is 0 Å². The fourth-order valence-electron chi connectivity index (χ4n) is 2.45.